The van der Waals surface area contributed by atoms with Crippen molar-refractivity contribution in [2.45, 2.75) is 99.2 Å². The Morgan fingerprint density at radius 2 is 1.88 bits per heavy atom. The van der Waals surface area contributed by atoms with Gasteiger partial charge in [-0.25, -0.2) is 4.98 Å². The van der Waals surface area contributed by atoms with Crippen LogP contribution in [0, 0.1) is 41.9 Å². The first-order valence-electron chi connectivity index (χ1n) is 12.9. The van der Waals surface area contributed by atoms with Crippen LogP contribution in [0.4, 0.5) is 0 Å². The third kappa shape index (κ3) is 6.57. The minimum Gasteiger partial charge on any atom is -0.458 e. The summed E-state index contributed by atoms with van der Waals surface area (Å²) in [6.07, 6.45) is 5.89. The average molecular weight is 490 g/mol. The molecule has 190 valence electrons. The van der Waals surface area contributed by atoms with Crippen LogP contribution in [0.5, 0.6) is 0 Å². The normalized spacial score (nSPS) is 36.0. The molecule has 3 rings (SSSR count). The van der Waals surface area contributed by atoms with Crippen LogP contribution in [0.1, 0.15) is 90.8 Å². The predicted octanol–water partition coefficient (Wildman–Crippen LogP) is 6.23. The van der Waals surface area contributed by atoms with Crippen LogP contribution in [0.15, 0.2) is 11.0 Å². The van der Waals surface area contributed by atoms with Gasteiger partial charge in [-0.1, -0.05) is 53.9 Å². The summed E-state index contributed by atoms with van der Waals surface area (Å²) >= 11 is 1.60. The van der Waals surface area contributed by atoms with E-state index < -0.39 is 17.5 Å². The van der Waals surface area contributed by atoms with E-state index in [9.17, 15) is 14.7 Å². The molecular weight excluding hydrogens is 446 g/mol. The summed E-state index contributed by atoms with van der Waals surface area (Å²) in [5.74, 6) is 1.35. The van der Waals surface area contributed by atoms with Gasteiger partial charge < -0.3 is 9.84 Å². The molecule has 1 aromatic rings. The number of rotatable bonds is 2. The molecule has 0 spiro atoms. The van der Waals surface area contributed by atoms with E-state index in [0.29, 0.717) is 17.8 Å². The summed E-state index contributed by atoms with van der Waals surface area (Å²) < 4.78 is 5.95. The molecule has 1 N–H and O–H groups in total. The highest BCUT2D eigenvalue weighted by molar-refractivity contribution is 7.09. The Hall–Kier alpha value is -1.53. The number of ether oxygens (including phenoxy) is 1. The first-order chi connectivity index (χ1) is 15.9. The number of aromatic nitrogens is 1. The van der Waals surface area contributed by atoms with Gasteiger partial charge in [-0.05, 0) is 62.0 Å². The van der Waals surface area contributed by atoms with Gasteiger partial charge in [0, 0.05) is 11.3 Å². The van der Waals surface area contributed by atoms with Crippen molar-refractivity contribution in [2.75, 3.05) is 0 Å². The van der Waals surface area contributed by atoms with Crippen molar-refractivity contribution >= 4 is 29.2 Å². The lowest BCUT2D eigenvalue weighted by molar-refractivity contribution is -0.154. The molecule has 0 aromatic carbocycles. The molecule has 1 saturated heterocycles. The largest absolute Gasteiger partial charge is 0.458 e. The second-order valence-electron chi connectivity index (χ2n) is 11.5. The minimum atomic E-state index is -1.08. The fourth-order valence-electron chi connectivity index (χ4n) is 5.39. The van der Waals surface area contributed by atoms with Gasteiger partial charge in [0.2, 0.25) is 0 Å². The molecular formula is C28H43NO4S. The molecule has 0 bridgehead atoms. The number of hydrogen-bond donors (Lipinski definition) is 1. The topological polar surface area (TPSA) is 76.5 Å². The number of esters is 1. The van der Waals surface area contributed by atoms with Gasteiger partial charge in [-0.3, -0.25) is 9.59 Å². The zero-order valence-corrected chi connectivity index (χ0v) is 22.8. The van der Waals surface area contributed by atoms with E-state index in [-0.39, 0.29) is 30.1 Å². The van der Waals surface area contributed by atoms with Crippen LogP contribution in [0.25, 0.3) is 6.08 Å². The number of nitrogens with zero attached hydrogens (tertiary/aromatic N) is 1. The summed E-state index contributed by atoms with van der Waals surface area (Å²) in [6.45, 7) is 13.9. The number of thiazole rings is 1. The molecule has 7 atom stereocenters. The Balaban J connectivity index is 1.81. The monoisotopic (exact) mass is 489 g/mol. The molecule has 2 aliphatic rings. The Morgan fingerprint density at radius 1 is 1.18 bits per heavy atom. The summed E-state index contributed by atoms with van der Waals surface area (Å²) in [4.78, 5) is 30.8. The van der Waals surface area contributed by atoms with Crippen molar-refractivity contribution in [2.24, 2.45) is 35.0 Å². The average Bonchev–Trinajstić information content (AvgIpc) is 3.38. The van der Waals surface area contributed by atoms with Gasteiger partial charge in [0.1, 0.15) is 11.9 Å². The standard InChI is InChI=1S/C28H43NO4S/c1-16-9-8-10-21-12-22(21)13-24(17(2)11-23-15-34-20(5)29-23)33-26(31)14-25(30)28(6,7)27(32)19(4)18(16)3/h11,15-16,18-19,21-22,24-25,30H,8-10,12-14H2,1-7H3/b17-11+/t16-,18-,19+,21-,22-,24-,25-/m0/s1. The molecule has 0 amide bonds. The van der Waals surface area contributed by atoms with Gasteiger partial charge in [0.15, 0.2) is 0 Å². The zero-order valence-electron chi connectivity index (χ0n) is 22.0. The van der Waals surface area contributed by atoms with Gasteiger partial charge in [0.25, 0.3) is 0 Å². The molecule has 2 heterocycles. The van der Waals surface area contributed by atoms with Gasteiger partial charge in [-0.2, -0.15) is 0 Å². The summed E-state index contributed by atoms with van der Waals surface area (Å²) in [5.41, 5.74) is 0.856. The third-order valence-corrected chi connectivity index (χ3v) is 9.33. The molecule has 1 aromatic heterocycles. The third-order valence-electron chi connectivity index (χ3n) is 8.54. The fourth-order valence-corrected chi connectivity index (χ4v) is 5.96. The predicted molar refractivity (Wildman–Crippen MR) is 137 cm³/mol. The molecule has 6 heteroatoms. The minimum absolute atomic E-state index is 0.0213. The molecule has 0 radical (unpaired) electrons. The number of fused-ring (bicyclic) bond motifs is 1. The van der Waals surface area contributed by atoms with E-state index in [1.54, 1.807) is 25.2 Å². The molecule has 1 aliphatic heterocycles. The smallest absolute Gasteiger partial charge is 0.309 e. The number of Topliss-reactive ketones (excluding diaryl/α,β-unsaturated/α-hetero) is 1. The van der Waals surface area contributed by atoms with Gasteiger partial charge >= 0.3 is 5.97 Å². The Morgan fingerprint density at radius 3 is 2.53 bits per heavy atom. The van der Waals surface area contributed by atoms with Crippen molar-refractivity contribution in [1.29, 1.82) is 0 Å². The van der Waals surface area contributed by atoms with Gasteiger partial charge in [0.05, 0.1) is 28.6 Å². The molecule has 34 heavy (non-hydrogen) atoms. The lowest BCUT2D eigenvalue weighted by atomic mass is 9.70. The second kappa shape index (κ2) is 11.0. The number of carbonyl (C=O) groups excluding carboxylic acids is 2. The van der Waals surface area contributed by atoms with Crippen LogP contribution in [0.2, 0.25) is 0 Å². The number of carbonyl (C=O) groups is 2. The highest BCUT2D eigenvalue weighted by Gasteiger charge is 2.43. The molecule has 5 nitrogen and oxygen atoms in total. The summed E-state index contributed by atoms with van der Waals surface area (Å²) in [5, 5.41) is 14.0. The van der Waals surface area contributed by atoms with E-state index >= 15 is 0 Å². The number of cyclic esters (lactones) is 1. The van der Waals surface area contributed by atoms with Crippen molar-refractivity contribution in [1.82, 2.24) is 4.98 Å². The number of aliphatic hydroxyl groups excluding tert-OH is 1. The zero-order chi connectivity index (χ0) is 25.2. The first-order valence-corrected chi connectivity index (χ1v) is 13.8. The van der Waals surface area contributed by atoms with Crippen molar-refractivity contribution in [3.8, 4) is 0 Å². The van der Waals surface area contributed by atoms with Crippen molar-refractivity contribution in [3.63, 3.8) is 0 Å². The van der Waals surface area contributed by atoms with Gasteiger partial charge in [-0.15, -0.1) is 11.3 Å². The second-order valence-corrected chi connectivity index (χ2v) is 12.6. The highest BCUT2D eigenvalue weighted by atomic mass is 32.1. The Labute approximate surface area is 209 Å². The maximum absolute atomic E-state index is 13.3. The fraction of sp³-hybridized carbons (Fsp3) is 0.750. The van der Waals surface area contributed by atoms with E-state index in [0.717, 1.165) is 35.5 Å². The quantitative estimate of drug-likeness (QED) is 0.498. The van der Waals surface area contributed by atoms with E-state index in [2.05, 4.69) is 18.8 Å². The molecule has 1 aliphatic carbocycles. The van der Waals surface area contributed by atoms with Crippen LogP contribution in [-0.4, -0.2) is 34.1 Å². The molecule has 2 fully saturated rings. The van der Waals surface area contributed by atoms with Crippen molar-refractivity contribution in [3.05, 3.63) is 21.7 Å². The first kappa shape index (κ1) is 27.1. The van der Waals surface area contributed by atoms with E-state index in [1.807, 2.05) is 32.2 Å². The number of ketones is 1. The lowest BCUT2D eigenvalue weighted by Gasteiger charge is -2.35. The Bertz CT molecular complexity index is 904. The van der Waals surface area contributed by atoms with E-state index in [4.69, 9.17) is 4.74 Å². The maximum atomic E-state index is 13.3. The SMILES string of the molecule is C/C(=C\c1csc(C)n1)[C@@H]1C[C@@H]2C[C@@H]2CCC[C@H](C)[C@H](C)[C@@H](C)C(=O)C(C)(C)[C@@H](O)CC(=O)O1. The number of aliphatic hydroxyl groups is 1. The number of hydrogen-bond acceptors (Lipinski definition) is 6. The van der Waals surface area contributed by atoms with Crippen LogP contribution in [0.3, 0.4) is 0 Å². The highest BCUT2D eigenvalue weighted by Crippen LogP contribution is 2.47. The molecule has 0 unspecified atom stereocenters. The summed E-state index contributed by atoms with van der Waals surface area (Å²) in [7, 11) is 0. The maximum Gasteiger partial charge on any atom is 0.309 e. The van der Waals surface area contributed by atoms with Crippen molar-refractivity contribution < 1.29 is 19.4 Å². The number of aryl methyl sites for hydroxylation is 1. The summed E-state index contributed by atoms with van der Waals surface area (Å²) in [6, 6.07) is 0. The van der Waals surface area contributed by atoms with Crippen LogP contribution in [-0.2, 0) is 14.3 Å². The molecule has 1 saturated carbocycles. The van der Waals surface area contributed by atoms with E-state index in [1.165, 1.54) is 12.8 Å². The Kier molecular flexibility index (Phi) is 8.78. The van der Waals surface area contributed by atoms with Crippen LogP contribution < -0.4 is 0 Å². The van der Waals surface area contributed by atoms with Crippen LogP contribution >= 0.6 is 11.3 Å². The lowest BCUT2D eigenvalue weighted by Crippen LogP contribution is -2.44.